The van der Waals surface area contributed by atoms with Gasteiger partial charge in [0.15, 0.2) is 0 Å². The van der Waals surface area contributed by atoms with E-state index >= 15 is 0 Å². The quantitative estimate of drug-likeness (QED) is 0.545. The maximum atomic E-state index is 6.02. The molecule has 0 rings (SSSR count). The fourth-order valence-corrected chi connectivity index (χ4v) is 2.92. The molecule has 1 atom stereocenters. The Bertz CT molecular complexity index is 56.9. The molecule has 0 saturated heterocycles. The standard InChI is InChI=1S/C7H16ClP/c1-3-5-7-9(8)6-4-2/h3-7H2,1-2H3. The predicted molar refractivity (Wildman–Crippen MR) is 47.7 cm³/mol. The van der Waals surface area contributed by atoms with Crippen LogP contribution in [0.4, 0.5) is 0 Å². The first-order valence-corrected chi connectivity index (χ1v) is 6.33. The highest BCUT2D eigenvalue weighted by atomic mass is 35.7. The van der Waals surface area contributed by atoms with Crippen molar-refractivity contribution in [1.82, 2.24) is 0 Å². The van der Waals surface area contributed by atoms with Crippen molar-refractivity contribution in [2.75, 3.05) is 12.3 Å². The number of halogens is 1. The predicted octanol–water partition coefficient (Wildman–Crippen LogP) is 3.83. The van der Waals surface area contributed by atoms with Crippen LogP contribution in [0.15, 0.2) is 0 Å². The second kappa shape index (κ2) is 6.83. The van der Waals surface area contributed by atoms with Gasteiger partial charge in [-0.05, 0) is 26.0 Å². The molecular formula is C7H16ClP. The molecule has 0 heterocycles. The van der Waals surface area contributed by atoms with E-state index in [0.29, 0.717) is 0 Å². The Labute approximate surface area is 64.5 Å². The number of rotatable bonds is 5. The van der Waals surface area contributed by atoms with Gasteiger partial charge in [-0.3, -0.25) is 0 Å². The zero-order valence-corrected chi connectivity index (χ0v) is 8.01. The van der Waals surface area contributed by atoms with Crippen LogP contribution in [0.25, 0.3) is 0 Å². The van der Waals surface area contributed by atoms with Gasteiger partial charge in [0, 0.05) is 0 Å². The van der Waals surface area contributed by atoms with E-state index in [1.165, 1.54) is 31.6 Å². The van der Waals surface area contributed by atoms with Gasteiger partial charge in [0.25, 0.3) is 0 Å². The van der Waals surface area contributed by atoms with Gasteiger partial charge in [0.1, 0.15) is 0 Å². The smallest absolute Gasteiger partial charge is 0.00975 e. The molecule has 0 spiro atoms. The van der Waals surface area contributed by atoms with Gasteiger partial charge < -0.3 is 0 Å². The summed E-state index contributed by atoms with van der Waals surface area (Å²) in [7, 11) is -0.114. The van der Waals surface area contributed by atoms with Crippen molar-refractivity contribution < 1.29 is 0 Å². The van der Waals surface area contributed by atoms with Crippen LogP contribution in [0.1, 0.15) is 33.1 Å². The van der Waals surface area contributed by atoms with E-state index < -0.39 is 0 Å². The topological polar surface area (TPSA) is 0 Å². The lowest BCUT2D eigenvalue weighted by Crippen LogP contribution is -1.82. The Morgan fingerprint density at radius 2 is 1.78 bits per heavy atom. The third kappa shape index (κ3) is 6.61. The average Bonchev–Trinajstić information content (AvgIpc) is 1.85. The van der Waals surface area contributed by atoms with Crippen LogP contribution in [0.3, 0.4) is 0 Å². The lowest BCUT2D eigenvalue weighted by atomic mass is 10.4. The van der Waals surface area contributed by atoms with Crippen LogP contribution in [0.5, 0.6) is 0 Å². The Hall–Kier alpha value is 0.720. The number of hydrogen-bond acceptors (Lipinski definition) is 0. The molecule has 0 fully saturated rings. The summed E-state index contributed by atoms with van der Waals surface area (Å²) in [4.78, 5) is 0. The molecule has 0 aromatic carbocycles. The first-order valence-electron chi connectivity index (χ1n) is 3.72. The molecule has 0 aromatic heterocycles. The largest absolute Gasteiger partial charge is 0.0964 e. The zero-order valence-electron chi connectivity index (χ0n) is 6.36. The summed E-state index contributed by atoms with van der Waals surface area (Å²) in [5.41, 5.74) is 0. The second-order valence-electron chi connectivity index (χ2n) is 2.26. The normalized spacial score (nSPS) is 13.7. The molecule has 0 aliphatic rings. The monoisotopic (exact) mass is 166 g/mol. The zero-order chi connectivity index (χ0) is 7.11. The maximum absolute atomic E-state index is 6.02. The van der Waals surface area contributed by atoms with Crippen molar-refractivity contribution >= 4 is 18.5 Å². The highest BCUT2D eigenvalue weighted by molar-refractivity contribution is 7.83. The van der Waals surface area contributed by atoms with Crippen LogP contribution < -0.4 is 0 Å². The van der Waals surface area contributed by atoms with Crippen molar-refractivity contribution in [2.45, 2.75) is 33.1 Å². The van der Waals surface area contributed by atoms with Crippen molar-refractivity contribution in [3.05, 3.63) is 0 Å². The van der Waals surface area contributed by atoms with Gasteiger partial charge in [-0.1, -0.05) is 37.9 Å². The average molecular weight is 167 g/mol. The van der Waals surface area contributed by atoms with Gasteiger partial charge in [0.2, 0.25) is 0 Å². The Balaban J connectivity index is 2.95. The molecule has 9 heavy (non-hydrogen) atoms. The molecule has 0 aromatic rings. The molecule has 0 radical (unpaired) electrons. The van der Waals surface area contributed by atoms with Crippen LogP contribution in [0, 0.1) is 0 Å². The van der Waals surface area contributed by atoms with Crippen molar-refractivity contribution in [2.24, 2.45) is 0 Å². The SMILES string of the molecule is CCCCP(Cl)CCC. The van der Waals surface area contributed by atoms with Gasteiger partial charge in [-0.25, -0.2) is 0 Å². The molecule has 56 valence electrons. The van der Waals surface area contributed by atoms with E-state index in [1.54, 1.807) is 0 Å². The molecule has 0 nitrogen and oxygen atoms in total. The van der Waals surface area contributed by atoms with Gasteiger partial charge in [0.05, 0.1) is 0 Å². The van der Waals surface area contributed by atoms with Crippen LogP contribution in [-0.4, -0.2) is 12.3 Å². The molecule has 1 unspecified atom stereocenters. The van der Waals surface area contributed by atoms with Crippen LogP contribution in [0.2, 0.25) is 0 Å². The second-order valence-corrected chi connectivity index (χ2v) is 5.52. The highest BCUT2D eigenvalue weighted by Gasteiger charge is 1.99. The Morgan fingerprint density at radius 3 is 2.22 bits per heavy atom. The van der Waals surface area contributed by atoms with Gasteiger partial charge in [-0.15, -0.1) is 0 Å². The van der Waals surface area contributed by atoms with Crippen molar-refractivity contribution in [1.29, 1.82) is 0 Å². The third-order valence-corrected chi connectivity index (χ3v) is 3.97. The summed E-state index contributed by atoms with van der Waals surface area (Å²) >= 11 is 6.02. The van der Waals surface area contributed by atoms with E-state index in [9.17, 15) is 0 Å². The minimum Gasteiger partial charge on any atom is -0.0964 e. The van der Waals surface area contributed by atoms with E-state index in [2.05, 4.69) is 13.8 Å². The molecule has 2 heteroatoms. The van der Waals surface area contributed by atoms with Crippen molar-refractivity contribution in [3.8, 4) is 0 Å². The minimum atomic E-state index is -0.114. The van der Waals surface area contributed by atoms with E-state index in [-0.39, 0.29) is 7.27 Å². The summed E-state index contributed by atoms with van der Waals surface area (Å²) in [6, 6.07) is 0. The Morgan fingerprint density at radius 1 is 1.11 bits per heavy atom. The van der Waals surface area contributed by atoms with Crippen LogP contribution in [-0.2, 0) is 0 Å². The summed E-state index contributed by atoms with van der Waals surface area (Å²) in [6.07, 6.45) is 6.36. The number of hydrogen-bond donors (Lipinski definition) is 0. The highest BCUT2D eigenvalue weighted by Crippen LogP contribution is 2.42. The van der Waals surface area contributed by atoms with Gasteiger partial charge in [-0.2, -0.15) is 0 Å². The van der Waals surface area contributed by atoms with Gasteiger partial charge >= 0.3 is 0 Å². The molecule has 0 aliphatic carbocycles. The summed E-state index contributed by atoms with van der Waals surface area (Å²) in [5.74, 6) is 0. The van der Waals surface area contributed by atoms with E-state index in [1.807, 2.05) is 0 Å². The summed E-state index contributed by atoms with van der Waals surface area (Å²) < 4.78 is 0. The number of unbranched alkanes of at least 4 members (excludes halogenated alkanes) is 1. The van der Waals surface area contributed by atoms with Crippen LogP contribution >= 0.6 is 18.5 Å². The lowest BCUT2D eigenvalue weighted by molar-refractivity contribution is 0.890. The molecule has 0 amide bonds. The maximum Gasteiger partial charge on any atom is -0.00975 e. The Kier molecular flexibility index (Phi) is 7.38. The fraction of sp³-hybridized carbons (Fsp3) is 1.00. The van der Waals surface area contributed by atoms with E-state index in [0.717, 1.165) is 0 Å². The van der Waals surface area contributed by atoms with E-state index in [4.69, 9.17) is 11.2 Å². The summed E-state index contributed by atoms with van der Waals surface area (Å²) in [5, 5.41) is 0. The summed E-state index contributed by atoms with van der Waals surface area (Å²) in [6.45, 7) is 4.41. The lowest BCUT2D eigenvalue weighted by Gasteiger charge is -2.05. The molecule has 0 aliphatic heterocycles. The third-order valence-electron chi connectivity index (χ3n) is 1.22. The van der Waals surface area contributed by atoms with Crippen molar-refractivity contribution in [3.63, 3.8) is 0 Å². The fourth-order valence-electron chi connectivity index (χ4n) is 0.684. The minimum absolute atomic E-state index is 0.114. The first-order chi connectivity index (χ1) is 4.31. The molecular weight excluding hydrogens is 151 g/mol. The molecule has 0 saturated carbocycles. The molecule has 0 N–H and O–H groups in total. The first kappa shape index (κ1) is 9.72. The molecule has 0 bridgehead atoms.